The summed E-state index contributed by atoms with van der Waals surface area (Å²) in [4.78, 5) is 0. The first-order chi connectivity index (χ1) is 7.27. The van der Waals surface area contributed by atoms with Gasteiger partial charge in [0, 0.05) is 15.5 Å². The molecular formula is C9H12Br2N2O2S. The molecule has 0 saturated heterocycles. The minimum atomic E-state index is -3.26. The Balaban J connectivity index is 3.33. The summed E-state index contributed by atoms with van der Waals surface area (Å²) in [7, 11) is -3.26. The zero-order valence-corrected chi connectivity index (χ0v) is 12.9. The molecule has 0 atom stereocenters. The first-order valence-corrected chi connectivity index (χ1v) is 7.93. The Hall–Kier alpha value is -0.270. The predicted octanol–water partition coefficient (Wildman–Crippen LogP) is 2.58. The monoisotopic (exact) mass is 370 g/mol. The Morgan fingerprint density at radius 2 is 1.75 bits per heavy atom. The maximum absolute atomic E-state index is 11.5. The minimum absolute atomic E-state index is 0.377. The SMILES string of the molecule is CCN(c1cc(Br)c(N)c(Br)c1)S(C)(=O)=O. The molecule has 0 spiro atoms. The van der Waals surface area contributed by atoms with Crippen LogP contribution in [0.2, 0.25) is 0 Å². The van der Waals surface area contributed by atoms with Gasteiger partial charge in [-0.05, 0) is 50.9 Å². The van der Waals surface area contributed by atoms with Gasteiger partial charge < -0.3 is 5.73 Å². The summed E-state index contributed by atoms with van der Waals surface area (Å²) in [5.74, 6) is 0. The summed E-state index contributed by atoms with van der Waals surface area (Å²) < 4.78 is 25.7. The summed E-state index contributed by atoms with van der Waals surface area (Å²) >= 11 is 6.57. The lowest BCUT2D eigenvalue weighted by molar-refractivity contribution is 0.598. The van der Waals surface area contributed by atoms with E-state index in [0.717, 1.165) is 0 Å². The maximum atomic E-state index is 11.5. The van der Waals surface area contributed by atoms with Gasteiger partial charge >= 0.3 is 0 Å². The number of benzene rings is 1. The normalized spacial score (nSPS) is 11.5. The molecule has 16 heavy (non-hydrogen) atoms. The highest BCUT2D eigenvalue weighted by molar-refractivity contribution is 9.11. The molecule has 0 radical (unpaired) electrons. The van der Waals surface area contributed by atoms with Gasteiger partial charge in [0.05, 0.1) is 17.6 Å². The van der Waals surface area contributed by atoms with Crippen LogP contribution in [0.3, 0.4) is 0 Å². The topological polar surface area (TPSA) is 63.4 Å². The molecular weight excluding hydrogens is 360 g/mol. The second-order valence-electron chi connectivity index (χ2n) is 3.25. The molecule has 1 aromatic rings. The highest BCUT2D eigenvalue weighted by Crippen LogP contribution is 2.33. The van der Waals surface area contributed by atoms with Crippen LogP contribution in [-0.4, -0.2) is 21.2 Å². The molecule has 7 heteroatoms. The summed E-state index contributed by atoms with van der Waals surface area (Å²) in [6.07, 6.45) is 1.18. The quantitative estimate of drug-likeness (QED) is 0.830. The van der Waals surface area contributed by atoms with Crippen LogP contribution < -0.4 is 10.0 Å². The van der Waals surface area contributed by atoms with Crippen LogP contribution in [-0.2, 0) is 10.0 Å². The molecule has 1 aromatic carbocycles. The Morgan fingerprint density at radius 3 is 2.06 bits per heavy atom. The number of nitrogen functional groups attached to an aromatic ring is 1. The van der Waals surface area contributed by atoms with Crippen LogP contribution in [0.25, 0.3) is 0 Å². The highest BCUT2D eigenvalue weighted by atomic mass is 79.9. The van der Waals surface area contributed by atoms with Gasteiger partial charge in [0.15, 0.2) is 0 Å². The molecule has 0 aliphatic rings. The Bertz CT molecular complexity index is 479. The van der Waals surface area contributed by atoms with E-state index in [2.05, 4.69) is 31.9 Å². The number of nitrogens with two attached hydrogens (primary N) is 1. The van der Waals surface area contributed by atoms with E-state index in [1.165, 1.54) is 10.6 Å². The van der Waals surface area contributed by atoms with Gasteiger partial charge in [-0.25, -0.2) is 8.42 Å². The summed E-state index contributed by atoms with van der Waals surface area (Å²) in [5.41, 5.74) is 6.87. The zero-order valence-electron chi connectivity index (χ0n) is 8.87. The van der Waals surface area contributed by atoms with Crippen molar-refractivity contribution < 1.29 is 8.42 Å². The van der Waals surface area contributed by atoms with Crippen LogP contribution >= 0.6 is 31.9 Å². The average molecular weight is 372 g/mol. The third-order valence-electron chi connectivity index (χ3n) is 2.04. The summed E-state index contributed by atoms with van der Waals surface area (Å²) in [6.45, 7) is 2.15. The molecule has 0 aliphatic carbocycles. The van der Waals surface area contributed by atoms with E-state index in [9.17, 15) is 8.42 Å². The van der Waals surface area contributed by atoms with Crippen molar-refractivity contribution >= 4 is 53.3 Å². The van der Waals surface area contributed by atoms with Gasteiger partial charge in [-0.3, -0.25) is 4.31 Å². The predicted molar refractivity (Wildman–Crippen MR) is 74.1 cm³/mol. The first kappa shape index (κ1) is 13.8. The number of hydrogen-bond donors (Lipinski definition) is 1. The smallest absolute Gasteiger partial charge is 0.232 e. The van der Waals surface area contributed by atoms with Crippen molar-refractivity contribution in [3.05, 3.63) is 21.1 Å². The van der Waals surface area contributed by atoms with E-state index in [4.69, 9.17) is 5.73 Å². The summed E-state index contributed by atoms with van der Waals surface area (Å²) in [5, 5.41) is 0. The second-order valence-corrected chi connectivity index (χ2v) is 6.87. The molecule has 0 amide bonds. The lowest BCUT2D eigenvalue weighted by Crippen LogP contribution is -2.29. The molecule has 0 aromatic heterocycles. The van der Waals surface area contributed by atoms with Crippen molar-refractivity contribution in [1.82, 2.24) is 0 Å². The average Bonchev–Trinajstić information content (AvgIpc) is 2.12. The molecule has 0 unspecified atom stereocenters. The fourth-order valence-corrected chi connectivity index (χ4v) is 3.44. The molecule has 4 nitrogen and oxygen atoms in total. The van der Waals surface area contributed by atoms with E-state index in [0.29, 0.717) is 26.9 Å². The van der Waals surface area contributed by atoms with Crippen LogP contribution in [0.15, 0.2) is 21.1 Å². The largest absolute Gasteiger partial charge is 0.397 e. The van der Waals surface area contributed by atoms with Crippen LogP contribution in [0.4, 0.5) is 11.4 Å². The first-order valence-electron chi connectivity index (χ1n) is 4.49. The van der Waals surface area contributed by atoms with Crippen LogP contribution in [0.5, 0.6) is 0 Å². The van der Waals surface area contributed by atoms with E-state index < -0.39 is 10.0 Å². The van der Waals surface area contributed by atoms with Crippen molar-refractivity contribution in [2.45, 2.75) is 6.92 Å². The molecule has 0 heterocycles. The number of rotatable bonds is 3. The molecule has 0 aliphatic heterocycles. The lowest BCUT2D eigenvalue weighted by atomic mass is 10.3. The molecule has 0 saturated carbocycles. The summed E-state index contributed by atoms with van der Waals surface area (Å²) in [6, 6.07) is 3.37. The molecule has 2 N–H and O–H groups in total. The zero-order chi connectivity index (χ0) is 12.5. The van der Waals surface area contributed by atoms with E-state index in [1.54, 1.807) is 19.1 Å². The Labute approximate surface area is 112 Å². The number of anilines is 2. The number of hydrogen-bond acceptors (Lipinski definition) is 3. The third kappa shape index (κ3) is 2.89. The van der Waals surface area contributed by atoms with Crippen molar-refractivity contribution in [2.24, 2.45) is 0 Å². The molecule has 0 bridgehead atoms. The van der Waals surface area contributed by atoms with Gasteiger partial charge in [0.25, 0.3) is 0 Å². The maximum Gasteiger partial charge on any atom is 0.232 e. The third-order valence-corrected chi connectivity index (χ3v) is 4.62. The second kappa shape index (κ2) is 4.93. The van der Waals surface area contributed by atoms with Gasteiger partial charge in [-0.15, -0.1) is 0 Å². The van der Waals surface area contributed by atoms with Crippen LogP contribution in [0.1, 0.15) is 6.92 Å². The van der Waals surface area contributed by atoms with Gasteiger partial charge in [0.2, 0.25) is 10.0 Å². The van der Waals surface area contributed by atoms with Gasteiger partial charge in [-0.2, -0.15) is 0 Å². The fourth-order valence-electron chi connectivity index (χ4n) is 1.32. The highest BCUT2D eigenvalue weighted by Gasteiger charge is 2.17. The number of halogens is 2. The van der Waals surface area contributed by atoms with E-state index in [1.807, 2.05) is 0 Å². The van der Waals surface area contributed by atoms with Gasteiger partial charge in [0.1, 0.15) is 0 Å². The molecule has 1 rings (SSSR count). The Morgan fingerprint density at radius 1 is 1.31 bits per heavy atom. The molecule has 90 valence electrons. The molecule has 0 fully saturated rings. The minimum Gasteiger partial charge on any atom is -0.397 e. The lowest BCUT2D eigenvalue weighted by Gasteiger charge is -2.21. The van der Waals surface area contributed by atoms with Crippen molar-refractivity contribution in [2.75, 3.05) is 22.8 Å². The number of sulfonamides is 1. The fraction of sp³-hybridized carbons (Fsp3) is 0.333. The van der Waals surface area contributed by atoms with Crippen molar-refractivity contribution in [3.63, 3.8) is 0 Å². The van der Waals surface area contributed by atoms with E-state index >= 15 is 0 Å². The van der Waals surface area contributed by atoms with Crippen LogP contribution in [0, 0.1) is 0 Å². The van der Waals surface area contributed by atoms with E-state index in [-0.39, 0.29) is 0 Å². The van der Waals surface area contributed by atoms with Crippen molar-refractivity contribution in [3.8, 4) is 0 Å². The van der Waals surface area contributed by atoms with Gasteiger partial charge in [-0.1, -0.05) is 0 Å². The number of nitrogens with zero attached hydrogens (tertiary/aromatic N) is 1. The van der Waals surface area contributed by atoms with Crippen molar-refractivity contribution in [1.29, 1.82) is 0 Å². The Kier molecular flexibility index (Phi) is 4.25. The standard InChI is InChI=1S/C9H12Br2N2O2S/c1-3-13(16(2,14)15)6-4-7(10)9(12)8(11)5-6/h4-5H,3,12H2,1-2H3.